The van der Waals surface area contributed by atoms with Crippen LogP contribution in [0.3, 0.4) is 0 Å². The highest BCUT2D eigenvalue weighted by Gasteiger charge is 2.33. The molecule has 1 aliphatic heterocycles. The number of piperidine rings is 1. The molecule has 24 heavy (non-hydrogen) atoms. The zero-order valence-corrected chi connectivity index (χ0v) is 13.5. The highest BCUT2D eigenvalue weighted by molar-refractivity contribution is 5.89. The van der Waals surface area contributed by atoms with Crippen molar-refractivity contribution in [2.45, 2.75) is 38.3 Å². The normalized spacial score (nSPS) is 17.4. The molecule has 3 rings (SSSR count). The molecular weight excluding hydrogens is 308 g/mol. The summed E-state index contributed by atoms with van der Waals surface area (Å²) in [5.41, 5.74) is 0.797. The van der Waals surface area contributed by atoms with E-state index in [1.807, 2.05) is 30.3 Å². The van der Waals surface area contributed by atoms with Gasteiger partial charge in [-0.1, -0.05) is 35.5 Å². The van der Waals surface area contributed by atoms with E-state index in [9.17, 15) is 9.59 Å². The molecule has 1 fully saturated rings. The van der Waals surface area contributed by atoms with Crippen molar-refractivity contribution in [2.24, 2.45) is 0 Å². The summed E-state index contributed by atoms with van der Waals surface area (Å²) in [6, 6.07) is 8.31. The van der Waals surface area contributed by atoms with E-state index in [2.05, 4.69) is 15.5 Å². The van der Waals surface area contributed by atoms with Gasteiger partial charge in [0.2, 0.25) is 18.2 Å². The largest absolute Gasteiger partial charge is 0.344 e. The smallest absolute Gasteiger partial charge is 0.248 e. The van der Waals surface area contributed by atoms with Crippen molar-refractivity contribution in [2.75, 3.05) is 6.54 Å². The van der Waals surface area contributed by atoms with Gasteiger partial charge in [0.15, 0.2) is 5.82 Å². The Morgan fingerprint density at radius 2 is 2.08 bits per heavy atom. The first-order valence-corrected chi connectivity index (χ1v) is 8.08. The third kappa shape index (κ3) is 3.45. The number of hydrogen-bond donors (Lipinski definition) is 1. The fourth-order valence-electron chi connectivity index (χ4n) is 2.93. The maximum atomic E-state index is 12.9. The van der Waals surface area contributed by atoms with Crippen LogP contribution in [-0.4, -0.2) is 33.4 Å². The third-order valence-electron chi connectivity index (χ3n) is 4.16. The highest BCUT2D eigenvalue weighted by Crippen LogP contribution is 2.26. The maximum Gasteiger partial charge on any atom is 0.248 e. The summed E-state index contributed by atoms with van der Waals surface area (Å²) in [6.07, 6.45) is 3.48. The predicted octanol–water partition coefficient (Wildman–Crippen LogP) is 2.00. The van der Waals surface area contributed by atoms with Crippen LogP contribution in [-0.2, 0) is 9.59 Å². The molecule has 0 radical (unpaired) electrons. The summed E-state index contributed by atoms with van der Waals surface area (Å²) in [5, 5.41) is 6.63. The van der Waals surface area contributed by atoms with E-state index in [0.29, 0.717) is 18.8 Å². The molecule has 2 atom stereocenters. The van der Waals surface area contributed by atoms with Crippen LogP contribution in [0.25, 0.3) is 0 Å². The number of benzene rings is 1. The molecule has 0 bridgehead atoms. The van der Waals surface area contributed by atoms with E-state index in [1.54, 1.807) is 11.8 Å². The molecule has 1 saturated heterocycles. The van der Waals surface area contributed by atoms with Gasteiger partial charge in [-0.2, -0.15) is 4.98 Å². The van der Waals surface area contributed by atoms with Gasteiger partial charge in [0.1, 0.15) is 6.04 Å². The van der Waals surface area contributed by atoms with Crippen molar-refractivity contribution >= 4 is 11.8 Å². The molecule has 7 heteroatoms. The Morgan fingerprint density at radius 3 is 2.75 bits per heavy atom. The fourth-order valence-corrected chi connectivity index (χ4v) is 2.93. The number of hydrogen-bond acceptors (Lipinski definition) is 5. The summed E-state index contributed by atoms with van der Waals surface area (Å²) in [4.78, 5) is 30.9. The number of nitrogens with one attached hydrogen (secondary N) is 1. The zero-order valence-electron chi connectivity index (χ0n) is 13.5. The Kier molecular flexibility index (Phi) is 4.88. The number of aromatic nitrogens is 2. The second-order valence-corrected chi connectivity index (χ2v) is 5.88. The molecule has 2 heterocycles. The van der Waals surface area contributed by atoms with Gasteiger partial charge in [-0.15, -0.1) is 0 Å². The van der Waals surface area contributed by atoms with E-state index < -0.39 is 12.1 Å². The van der Waals surface area contributed by atoms with Gasteiger partial charge in [-0.25, -0.2) is 0 Å². The molecule has 0 saturated carbocycles. The topological polar surface area (TPSA) is 88.3 Å². The van der Waals surface area contributed by atoms with E-state index in [4.69, 9.17) is 4.52 Å². The van der Waals surface area contributed by atoms with Gasteiger partial charge >= 0.3 is 0 Å². The standard InChI is InChI=1S/C17H20N4O3/c1-12(16-18-11-24-20-16)19-17(23)15(13-7-3-2-4-8-13)21-10-6-5-9-14(21)22/h2-4,7-8,11-12,15H,5-6,9-10H2,1H3,(H,19,23)/t12-,15-/m0/s1. The molecule has 2 amide bonds. The minimum Gasteiger partial charge on any atom is -0.344 e. The van der Waals surface area contributed by atoms with E-state index >= 15 is 0 Å². The van der Waals surface area contributed by atoms with Crippen LogP contribution in [0.4, 0.5) is 0 Å². The molecule has 1 aromatic heterocycles. The van der Waals surface area contributed by atoms with Crippen LogP contribution < -0.4 is 5.32 Å². The first kappa shape index (κ1) is 16.2. The predicted molar refractivity (Wildman–Crippen MR) is 85.6 cm³/mol. The van der Waals surface area contributed by atoms with Gasteiger partial charge in [0.25, 0.3) is 0 Å². The first-order chi connectivity index (χ1) is 11.7. The summed E-state index contributed by atoms with van der Waals surface area (Å²) < 4.78 is 4.72. The molecule has 1 aromatic carbocycles. The van der Waals surface area contributed by atoms with Crippen molar-refractivity contribution in [3.8, 4) is 0 Å². The molecule has 2 aromatic rings. The van der Waals surface area contributed by atoms with E-state index in [1.165, 1.54) is 6.39 Å². The van der Waals surface area contributed by atoms with Crippen LogP contribution in [0.5, 0.6) is 0 Å². The first-order valence-electron chi connectivity index (χ1n) is 8.08. The Hall–Kier alpha value is -2.70. The van der Waals surface area contributed by atoms with Crippen molar-refractivity contribution in [1.82, 2.24) is 20.4 Å². The molecule has 7 nitrogen and oxygen atoms in total. The van der Waals surface area contributed by atoms with E-state index in [0.717, 1.165) is 18.4 Å². The van der Waals surface area contributed by atoms with Crippen LogP contribution in [0.1, 0.15) is 49.7 Å². The van der Waals surface area contributed by atoms with Gasteiger partial charge in [0, 0.05) is 13.0 Å². The molecule has 126 valence electrons. The van der Waals surface area contributed by atoms with Crippen LogP contribution in [0, 0.1) is 0 Å². The molecule has 0 unspecified atom stereocenters. The lowest BCUT2D eigenvalue weighted by molar-refractivity contribution is -0.143. The summed E-state index contributed by atoms with van der Waals surface area (Å²) in [5.74, 6) is 0.173. The average molecular weight is 328 g/mol. The van der Waals surface area contributed by atoms with Gasteiger partial charge in [0.05, 0.1) is 6.04 Å². The van der Waals surface area contributed by atoms with Crippen molar-refractivity contribution < 1.29 is 14.1 Å². The van der Waals surface area contributed by atoms with Crippen LogP contribution in [0.15, 0.2) is 41.2 Å². The molecular formula is C17H20N4O3. The Labute approximate surface area is 140 Å². The van der Waals surface area contributed by atoms with Gasteiger partial charge in [-0.3, -0.25) is 9.59 Å². The summed E-state index contributed by atoms with van der Waals surface area (Å²) in [6.45, 7) is 2.37. The van der Waals surface area contributed by atoms with Gasteiger partial charge in [-0.05, 0) is 25.3 Å². The summed E-state index contributed by atoms with van der Waals surface area (Å²) in [7, 11) is 0. The maximum absolute atomic E-state index is 12.9. The molecule has 1 N–H and O–H groups in total. The molecule has 0 spiro atoms. The highest BCUT2D eigenvalue weighted by atomic mass is 16.5. The van der Waals surface area contributed by atoms with Gasteiger partial charge < -0.3 is 14.7 Å². The van der Waals surface area contributed by atoms with E-state index in [-0.39, 0.29) is 11.8 Å². The average Bonchev–Trinajstić information content (AvgIpc) is 3.12. The fraction of sp³-hybridized carbons (Fsp3) is 0.412. The van der Waals surface area contributed by atoms with Crippen LogP contribution >= 0.6 is 0 Å². The second-order valence-electron chi connectivity index (χ2n) is 5.88. The Bertz CT molecular complexity index is 687. The number of carbonyl (C=O) groups excluding carboxylic acids is 2. The van der Waals surface area contributed by atoms with Crippen molar-refractivity contribution in [3.05, 3.63) is 48.1 Å². The third-order valence-corrected chi connectivity index (χ3v) is 4.16. The number of likely N-dealkylation sites (tertiary alicyclic amines) is 1. The van der Waals surface area contributed by atoms with Crippen LogP contribution in [0.2, 0.25) is 0 Å². The quantitative estimate of drug-likeness (QED) is 0.907. The lowest BCUT2D eigenvalue weighted by Gasteiger charge is -2.34. The lowest BCUT2D eigenvalue weighted by atomic mass is 10.00. The summed E-state index contributed by atoms with van der Waals surface area (Å²) >= 11 is 0. The SMILES string of the molecule is C[C@H](NC(=O)[C@H](c1ccccc1)N1CCCCC1=O)c1ncon1. The molecule has 0 aliphatic carbocycles. The Morgan fingerprint density at radius 1 is 1.29 bits per heavy atom. The number of carbonyl (C=O) groups is 2. The minimum atomic E-state index is -0.645. The minimum absolute atomic E-state index is 0.0115. The zero-order chi connectivity index (χ0) is 16.9. The Balaban J connectivity index is 1.83. The monoisotopic (exact) mass is 328 g/mol. The number of nitrogens with zero attached hydrogens (tertiary/aromatic N) is 3. The van der Waals surface area contributed by atoms with Crippen molar-refractivity contribution in [1.29, 1.82) is 0 Å². The second kappa shape index (κ2) is 7.25. The van der Waals surface area contributed by atoms with Crippen molar-refractivity contribution in [3.63, 3.8) is 0 Å². The lowest BCUT2D eigenvalue weighted by Crippen LogP contribution is -2.46. The number of amides is 2. The molecule has 1 aliphatic rings. The number of rotatable bonds is 5.